The Kier molecular flexibility index (Phi) is 11.4. The molecule has 2 amide bonds. The maximum Gasteiger partial charge on any atom is 0.328 e. The first kappa shape index (κ1) is 31.9. The Balaban J connectivity index is 1.30. The van der Waals surface area contributed by atoms with E-state index < -0.39 is 12.0 Å². The van der Waals surface area contributed by atoms with Crippen molar-refractivity contribution in [2.24, 2.45) is 5.92 Å². The van der Waals surface area contributed by atoms with Gasteiger partial charge in [-0.3, -0.25) is 9.59 Å². The fraction of sp³-hybridized carbons (Fsp3) is 0.333. The molecular weight excluding hydrogens is 619 g/mol. The van der Waals surface area contributed by atoms with Crippen LogP contribution in [0.2, 0.25) is 15.1 Å². The first-order chi connectivity index (χ1) is 20.2. The zero-order valence-electron chi connectivity index (χ0n) is 23.2. The van der Waals surface area contributed by atoms with Gasteiger partial charge in [0.15, 0.2) is 0 Å². The van der Waals surface area contributed by atoms with Crippen LogP contribution in [-0.2, 0) is 32.1 Å². The first-order valence-electron chi connectivity index (χ1n) is 13.3. The number of hydrogen-bond donors (Lipinski definition) is 1. The van der Waals surface area contributed by atoms with Gasteiger partial charge in [-0.05, 0) is 54.5 Å². The highest BCUT2D eigenvalue weighted by atomic mass is 35.5. The van der Waals surface area contributed by atoms with E-state index in [1.165, 1.54) is 24.9 Å². The molecule has 3 aromatic rings. The monoisotopic (exact) mass is 648 g/mol. The van der Waals surface area contributed by atoms with E-state index in [1.807, 2.05) is 53.4 Å². The number of hydrogen-bond acceptors (Lipinski definition) is 6. The average Bonchev–Trinajstić information content (AvgIpc) is 3.43. The Morgan fingerprint density at radius 3 is 2.60 bits per heavy atom. The van der Waals surface area contributed by atoms with E-state index >= 15 is 0 Å². The van der Waals surface area contributed by atoms with Crippen molar-refractivity contribution in [2.45, 2.75) is 36.7 Å². The Morgan fingerprint density at radius 1 is 1.14 bits per heavy atom. The molecule has 2 aromatic carbocycles. The summed E-state index contributed by atoms with van der Waals surface area (Å²) in [4.78, 5) is 45.4. The van der Waals surface area contributed by atoms with Crippen molar-refractivity contribution in [3.8, 4) is 0 Å². The molecule has 0 radical (unpaired) electrons. The second-order valence-corrected chi connectivity index (χ2v) is 11.9. The minimum absolute atomic E-state index is 0.171. The number of nitrogens with one attached hydrogen (secondary N) is 1. The van der Waals surface area contributed by atoms with Crippen LogP contribution in [0.5, 0.6) is 0 Å². The van der Waals surface area contributed by atoms with Gasteiger partial charge >= 0.3 is 5.97 Å². The molecule has 1 atom stereocenters. The van der Waals surface area contributed by atoms with Crippen molar-refractivity contribution in [2.75, 3.05) is 26.5 Å². The highest BCUT2D eigenvalue weighted by Crippen LogP contribution is 2.35. The smallest absolute Gasteiger partial charge is 0.328 e. The summed E-state index contributed by atoms with van der Waals surface area (Å²) < 4.78 is 6.84. The molecule has 42 heavy (non-hydrogen) atoms. The quantitative estimate of drug-likeness (QED) is 0.170. The molecule has 1 aromatic heterocycles. The van der Waals surface area contributed by atoms with Gasteiger partial charge in [-0.15, -0.1) is 11.8 Å². The van der Waals surface area contributed by atoms with Gasteiger partial charge in [0.1, 0.15) is 6.04 Å². The summed E-state index contributed by atoms with van der Waals surface area (Å²) in [6.07, 6.45) is 9.68. The predicted octanol–water partition coefficient (Wildman–Crippen LogP) is 5.77. The molecule has 0 aliphatic carbocycles. The molecule has 1 aliphatic heterocycles. The number of amides is 2. The number of imidazole rings is 1. The molecule has 1 N–H and O–H groups in total. The Labute approximate surface area is 264 Å². The van der Waals surface area contributed by atoms with Crippen LogP contribution in [0.3, 0.4) is 0 Å². The van der Waals surface area contributed by atoms with Crippen molar-refractivity contribution < 1.29 is 19.1 Å². The second kappa shape index (κ2) is 15.0. The van der Waals surface area contributed by atoms with Crippen molar-refractivity contribution in [3.63, 3.8) is 0 Å². The van der Waals surface area contributed by atoms with Crippen LogP contribution >= 0.6 is 46.6 Å². The Hall–Kier alpha value is -2.98. The van der Waals surface area contributed by atoms with Gasteiger partial charge in [0.05, 0.1) is 29.2 Å². The standard InChI is InChI=1S/C30H31Cl3N4O4S/c1-41-30(40)24(15-23-17-36(18-34-23)16-19-4-3-5-22(31)14-19)35-29(39)21-10-12-37(13-11-21)26(38)9-7-20-6-8-25(42-2)28(33)27(20)32/h3-9,14,17-18,21,24H,10-13,15-16H2,1-2H3,(H,35,39)/b9-7+/t24-/m0/s1. The van der Waals surface area contributed by atoms with Crippen LogP contribution in [-0.4, -0.2) is 64.7 Å². The van der Waals surface area contributed by atoms with Gasteiger partial charge in [0.25, 0.3) is 0 Å². The van der Waals surface area contributed by atoms with Crippen molar-refractivity contribution >= 4 is 70.4 Å². The summed E-state index contributed by atoms with van der Waals surface area (Å²) in [5, 5.41) is 4.35. The van der Waals surface area contributed by atoms with Crippen LogP contribution < -0.4 is 5.32 Å². The molecule has 222 valence electrons. The number of ether oxygens (including phenoxy) is 1. The molecule has 0 bridgehead atoms. The Morgan fingerprint density at radius 2 is 1.90 bits per heavy atom. The number of rotatable bonds is 10. The number of piperidine rings is 1. The molecule has 8 nitrogen and oxygen atoms in total. The molecule has 12 heteroatoms. The second-order valence-electron chi connectivity index (χ2n) is 9.87. The van der Waals surface area contributed by atoms with Gasteiger partial charge in [-0.2, -0.15) is 0 Å². The van der Waals surface area contributed by atoms with Gasteiger partial charge < -0.3 is 19.5 Å². The molecule has 0 saturated carbocycles. The molecular formula is C30H31Cl3N4O4S. The van der Waals surface area contributed by atoms with Crippen molar-refractivity contribution in [1.82, 2.24) is 19.8 Å². The number of carbonyl (C=O) groups excluding carboxylic acids is 3. The van der Waals surface area contributed by atoms with E-state index in [0.717, 1.165) is 10.5 Å². The number of thioether (sulfide) groups is 1. The molecule has 4 rings (SSSR count). The molecule has 1 fully saturated rings. The van der Waals surface area contributed by atoms with Gasteiger partial charge in [-0.1, -0.05) is 53.0 Å². The minimum atomic E-state index is -0.881. The topological polar surface area (TPSA) is 93.5 Å². The van der Waals surface area contributed by atoms with Crippen LogP contribution in [0.4, 0.5) is 0 Å². The van der Waals surface area contributed by atoms with E-state index in [2.05, 4.69) is 10.3 Å². The van der Waals surface area contributed by atoms with Crippen LogP contribution in [0, 0.1) is 5.92 Å². The van der Waals surface area contributed by atoms with Gasteiger partial charge in [0, 0.05) is 54.2 Å². The summed E-state index contributed by atoms with van der Waals surface area (Å²) in [6, 6.07) is 10.3. The fourth-order valence-corrected chi connectivity index (χ4v) is 6.13. The lowest BCUT2D eigenvalue weighted by atomic mass is 9.95. The SMILES string of the molecule is COC(=O)[C@H](Cc1cn(Cc2cccc(Cl)c2)cn1)NC(=O)C1CCN(C(=O)/C=C/c2ccc(SC)c(Cl)c2Cl)CC1. The highest BCUT2D eigenvalue weighted by Gasteiger charge is 2.30. The summed E-state index contributed by atoms with van der Waals surface area (Å²) in [6.45, 7) is 1.40. The fourth-order valence-electron chi connectivity index (χ4n) is 4.74. The van der Waals surface area contributed by atoms with E-state index in [-0.39, 0.29) is 24.2 Å². The number of methoxy groups -OCH3 is 1. The van der Waals surface area contributed by atoms with Crippen LogP contribution in [0.1, 0.15) is 29.7 Å². The lowest BCUT2D eigenvalue weighted by molar-refractivity contribution is -0.145. The summed E-state index contributed by atoms with van der Waals surface area (Å²) in [5.74, 6) is -1.30. The van der Waals surface area contributed by atoms with E-state index in [9.17, 15) is 14.4 Å². The third-order valence-electron chi connectivity index (χ3n) is 7.04. The number of carbonyl (C=O) groups is 3. The number of benzene rings is 2. The third-order valence-corrected chi connectivity index (χ3v) is 9.06. The predicted molar refractivity (Wildman–Crippen MR) is 167 cm³/mol. The normalized spacial score (nSPS) is 14.6. The van der Waals surface area contributed by atoms with E-state index in [1.54, 1.807) is 17.3 Å². The summed E-state index contributed by atoms with van der Waals surface area (Å²) >= 11 is 20.2. The number of nitrogens with zero attached hydrogens (tertiary/aromatic N) is 3. The number of halogens is 3. The lowest BCUT2D eigenvalue weighted by Gasteiger charge is -2.31. The number of esters is 1. The Bertz CT molecular complexity index is 1470. The summed E-state index contributed by atoms with van der Waals surface area (Å²) in [7, 11) is 1.29. The van der Waals surface area contributed by atoms with Gasteiger partial charge in [0.2, 0.25) is 11.8 Å². The van der Waals surface area contributed by atoms with E-state index in [0.29, 0.717) is 58.8 Å². The first-order valence-corrected chi connectivity index (χ1v) is 15.7. The highest BCUT2D eigenvalue weighted by molar-refractivity contribution is 7.98. The third kappa shape index (κ3) is 8.31. The van der Waals surface area contributed by atoms with Crippen LogP contribution in [0.25, 0.3) is 6.08 Å². The number of aromatic nitrogens is 2. The number of likely N-dealkylation sites (tertiary alicyclic amines) is 1. The lowest BCUT2D eigenvalue weighted by Crippen LogP contribution is -2.48. The molecule has 1 saturated heterocycles. The largest absolute Gasteiger partial charge is 0.467 e. The minimum Gasteiger partial charge on any atom is -0.467 e. The molecule has 0 unspecified atom stereocenters. The zero-order valence-corrected chi connectivity index (χ0v) is 26.3. The van der Waals surface area contributed by atoms with Crippen LogP contribution in [0.15, 0.2) is 59.9 Å². The average molecular weight is 650 g/mol. The van der Waals surface area contributed by atoms with Crippen molar-refractivity contribution in [3.05, 3.63) is 86.9 Å². The summed E-state index contributed by atoms with van der Waals surface area (Å²) in [5.41, 5.74) is 2.32. The zero-order chi connectivity index (χ0) is 30.2. The maximum absolute atomic E-state index is 13.1. The molecule has 0 spiro atoms. The van der Waals surface area contributed by atoms with E-state index in [4.69, 9.17) is 39.5 Å². The van der Waals surface area contributed by atoms with Gasteiger partial charge in [-0.25, -0.2) is 9.78 Å². The van der Waals surface area contributed by atoms with Crippen molar-refractivity contribution in [1.29, 1.82) is 0 Å². The molecule has 1 aliphatic rings. The molecule has 2 heterocycles. The maximum atomic E-state index is 13.1.